The molecular formula is C20H29N3O3. The Balaban J connectivity index is 1.79. The minimum Gasteiger partial charge on any atom is -0.497 e. The summed E-state index contributed by atoms with van der Waals surface area (Å²) in [5.74, 6) is 1.66. The van der Waals surface area contributed by atoms with E-state index in [4.69, 9.17) is 14.2 Å². The van der Waals surface area contributed by atoms with Crippen molar-refractivity contribution in [1.82, 2.24) is 14.7 Å². The molecule has 6 nitrogen and oxygen atoms in total. The van der Waals surface area contributed by atoms with Crippen LogP contribution < -0.4 is 9.47 Å². The Morgan fingerprint density at radius 3 is 2.65 bits per heavy atom. The Labute approximate surface area is 155 Å². The molecule has 1 saturated heterocycles. The van der Waals surface area contributed by atoms with Crippen LogP contribution in [0.1, 0.15) is 29.7 Å². The van der Waals surface area contributed by atoms with Crippen molar-refractivity contribution >= 4 is 0 Å². The molecule has 1 atom stereocenters. The molecule has 1 aromatic heterocycles. The van der Waals surface area contributed by atoms with E-state index < -0.39 is 0 Å². The molecule has 0 N–H and O–H groups in total. The predicted octanol–water partition coefficient (Wildman–Crippen LogP) is 2.93. The first-order chi connectivity index (χ1) is 12.6. The van der Waals surface area contributed by atoms with E-state index >= 15 is 0 Å². The summed E-state index contributed by atoms with van der Waals surface area (Å²) in [4.78, 5) is 2.42. The summed E-state index contributed by atoms with van der Waals surface area (Å²) in [5, 5.41) is 4.48. The van der Waals surface area contributed by atoms with Gasteiger partial charge in [-0.25, -0.2) is 0 Å². The predicted molar refractivity (Wildman–Crippen MR) is 101 cm³/mol. The Kier molecular flexibility index (Phi) is 6.16. The minimum atomic E-state index is 0.302. The lowest BCUT2D eigenvalue weighted by Gasteiger charge is -2.26. The van der Waals surface area contributed by atoms with Crippen molar-refractivity contribution in [3.05, 3.63) is 41.2 Å². The number of nitrogens with zero attached hydrogens (tertiary/aromatic N) is 3. The first-order valence-corrected chi connectivity index (χ1v) is 9.13. The molecule has 2 heterocycles. The van der Waals surface area contributed by atoms with E-state index in [1.54, 1.807) is 14.2 Å². The van der Waals surface area contributed by atoms with Crippen LogP contribution in [0.25, 0.3) is 0 Å². The number of ether oxygens (including phenoxy) is 3. The fraction of sp³-hybridized carbons (Fsp3) is 0.550. The lowest BCUT2D eigenvalue weighted by atomic mass is 10.1. The molecule has 6 heteroatoms. The second-order valence-electron chi connectivity index (χ2n) is 6.90. The number of methoxy groups -OCH3 is 2. The molecule has 1 aliphatic rings. The molecular weight excluding hydrogens is 330 g/mol. The maximum absolute atomic E-state index is 5.87. The molecule has 0 spiro atoms. The summed E-state index contributed by atoms with van der Waals surface area (Å²) in [7, 11) is 5.34. The molecule has 0 aliphatic carbocycles. The molecule has 2 aromatic rings. The van der Waals surface area contributed by atoms with Gasteiger partial charge in [-0.05, 0) is 25.8 Å². The Morgan fingerprint density at radius 1 is 1.23 bits per heavy atom. The first kappa shape index (κ1) is 18.7. The summed E-state index contributed by atoms with van der Waals surface area (Å²) in [6.07, 6.45) is 4.68. The van der Waals surface area contributed by atoms with Gasteiger partial charge in [0.15, 0.2) is 0 Å². The zero-order valence-corrected chi connectivity index (χ0v) is 16.2. The molecule has 0 bridgehead atoms. The van der Waals surface area contributed by atoms with Crippen LogP contribution in [0.4, 0.5) is 0 Å². The third-order valence-electron chi connectivity index (χ3n) is 4.88. The van der Waals surface area contributed by atoms with Crippen LogP contribution in [0.15, 0.2) is 24.4 Å². The summed E-state index contributed by atoms with van der Waals surface area (Å²) < 4.78 is 18.6. The maximum Gasteiger partial charge on any atom is 0.127 e. The highest BCUT2D eigenvalue weighted by Gasteiger charge is 2.21. The Morgan fingerprint density at radius 2 is 2.04 bits per heavy atom. The van der Waals surface area contributed by atoms with Gasteiger partial charge in [0.2, 0.25) is 0 Å². The van der Waals surface area contributed by atoms with Crippen LogP contribution in [0.5, 0.6) is 11.5 Å². The van der Waals surface area contributed by atoms with Crippen molar-refractivity contribution in [1.29, 1.82) is 0 Å². The number of hydrogen-bond donors (Lipinski definition) is 0. The van der Waals surface area contributed by atoms with Crippen molar-refractivity contribution in [3.8, 4) is 11.5 Å². The van der Waals surface area contributed by atoms with E-state index in [1.165, 1.54) is 5.56 Å². The van der Waals surface area contributed by atoms with Gasteiger partial charge in [-0.2, -0.15) is 5.10 Å². The second kappa shape index (κ2) is 8.56. The van der Waals surface area contributed by atoms with E-state index in [-0.39, 0.29) is 0 Å². The van der Waals surface area contributed by atoms with Gasteiger partial charge in [0, 0.05) is 56.7 Å². The molecule has 142 valence electrons. The standard InChI is InChI=1S/C20H29N3O3/c1-15-17(11-22(2)21-15)13-23(14-19-6-5-9-26-19)12-16-7-8-18(24-3)10-20(16)25-4/h7-8,10-11,19H,5-6,9,12-14H2,1-4H3/t19-/m1/s1. The van der Waals surface area contributed by atoms with Gasteiger partial charge in [-0.15, -0.1) is 0 Å². The molecule has 26 heavy (non-hydrogen) atoms. The van der Waals surface area contributed by atoms with Crippen molar-refractivity contribution in [2.45, 2.75) is 39.0 Å². The molecule has 1 aromatic carbocycles. The fourth-order valence-corrected chi connectivity index (χ4v) is 3.53. The molecule has 1 fully saturated rings. The zero-order valence-electron chi connectivity index (χ0n) is 16.2. The smallest absolute Gasteiger partial charge is 0.127 e. The largest absolute Gasteiger partial charge is 0.497 e. The number of rotatable bonds is 8. The summed E-state index contributed by atoms with van der Waals surface area (Å²) in [6.45, 7) is 5.48. The van der Waals surface area contributed by atoms with Crippen molar-refractivity contribution in [3.63, 3.8) is 0 Å². The number of aromatic nitrogens is 2. The van der Waals surface area contributed by atoms with Crippen molar-refractivity contribution < 1.29 is 14.2 Å². The number of aryl methyl sites for hydroxylation is 2. The van der Waals surface area contributed by atoms with Crippen LogP contribution in [-0.2, 0) is 24.9 Å². The third kappa shape index (κ3) is 4.56. The summed E-state index contributed by atoms with van der Waals surface area (Å²) >= 11 is 0. The number of benzene rings is 1. The van der Waals surface area contributed by atoms with E-state index in [9.17, 15) is 0 Å². The van der Waals surface area contributed by atoms with Gasteiger partial charge in [0.25, 0.3) is 0 Å². The normalized spacial score (nSPS) is 17.0. The lowest BCUT2D eigenvalue weighted by molar-refractivity contribution is 0.0675. The SMILES string of the molecule is COc1ccc(CN(Cc2cn(C)nc2C)C[C@H]2CCCO2)c(OC)c1. The lowest BCUT2D eigenvalue weighted by Crippen LogP contribution is -2.31. The van der Waals surface area contributed by atoms with Gasteiger partial charge in [-0.1, -0.05) is 6.07 Å². The molecule has 0 radical (unpaired) electrons. The van der Waals surface area contributed by atoms with Gasteiger partial charge < -0.3 is 14.2 Å². The quantitative estimate of drug-likeness (QED) is 0.725. The van der Waals surface area contributed by atoms with E-state index in [2.05, 4.69) is 29.2 Å². The monoisotopic (exact) mass is 359 g/mol. The molecule has 1 aliphatic heterocycles. The highest BCUT2D eigenvalue weighted by atomic mass is 16.5. The summed E-state index contributed by atoms with van der Waals surface area (Å²) in [5.41, 5.74) is 3.47. The fourth-order valence-electron chi connectivity index (χ4n) is 3.53. The van der Waals surface area contributed by atoms with Crippen LogP contribution in [0.2, 0.25) is 0 Å². The van der Waals surface area contributed by atoms with Gasteiger partial charge >= 0.3 is 0 Å². The van der Waals surface area contributed by atoms with Gasteiger partial charge in [-0.3, -0.25) is 9.58 Å². The first-order valence-electron chi connectivity index (χ1n) is 9.13. The van der Waals surface area contributed by atoms with Gasteiger partial charge in [0.05, 0.1) is 26.0 Å². The minimum absolute atomic E-state index is 0.302. The molecule has 3 rings (SSSR count). The third-order valence-corrected chi connectivity index (χ3v) is 4.88. The topological polar surface area (TPSA) is 48.8 Å². The van der Waals surface area contributed by atoms with E-state index in [1.807, 2.05) is 23.9 Å². The zero-order chi connectivity index (χ0) is 18.5. The van der Waals surface area contributed by atoms with Gasteiger partial charge in [0.1, 0.15) is 11.5 Å². The average Bonchev–Trinajstić information content (AvgIpc) is 3.24. The van der Waals surface area contributed by atoms with Crippen LogP contribution in [0.3, 0.4) is 0 Å². The van der Waals surface area contributed by atoms with Crippen LogP contribution in [-0.4, -0.2) is 48.2 Å². The van der Waals surface area contributed by atoms with E-state index in [0.29, 0.717) is 6.10 Å². The van der Waals surface area contributed by atoms with Crippen molar-refractivity contribution in [2.24, 2.45) is 7.05 Å². The maximum atomic E-state index is 5.87. The highest BCUT2D eigenvalue weighted by Crippen LogP contribution is 2.27. The van der Waals surface area contributed by atoms with Crippen LogP contribution >= 0.6 is 0 Å². The van der Waals surface area contributed by atoms with Crippen LogP contribution in [0, 0.1) is 6.92 Å². The van der Waals surface area contributed by atoms with Crippen molar-refractivity contribution in [2.75, 3.05) is 27.4 Å². The second-order valence-corrected chi connectivity index (χ2v) is 6.90. The average molecular weight is 359 g/mol. The highest BCUT2D eigenvalue weighted by molar-refractivity contribution is 5.40. The Hall–Kier alpha value is -2.05. The molecule has 0 amide bonds. The molecule has 0 saturated carbocycles. The summed E-state index contributed by atoms with van der Waals surface area (Å²) in [6, 6.07) is 6.00. The number of hydrogen-bond acceptors (Lipinski definition) is 5. The molecule has 0 unspecified atom stereocenters. The Bertz CT molecular complexity index is 723. The van der Waals surface area contributed by atoms with E-state index in [0.717, 1.165) is 61.8 Å².